The maximum atomic E-state index is 11.8. The zero-order valence-corrected chi connectivity index (χ0v) is 12.7. The van der Waals surface area contributed by atoms with Crippen LogP contribution in [0.3, 0.4) is 0 Å². The number of amides is 1. The van der Waals surface area contributed by atoms with Crippen LogP contribution in [0.1, 0.15) is 11.1 Å². The predicted molar refractivity (Wildman–Crippen MR) is 84.9 cm³/mol. The van der Waals surface area contributed by atoms with Crippen LogP contribution in [0.2, 0.25) is 5.02 Å². The Morgan fingerprint density at radius 2 is 1.67 bits per heavy atom. The summed E-state index contributed by atoms with van der Waals surface area (Å²) in [7, 11) is 1.62. The molecule has 2 aromatic rings. The standard InChI is InChI=1S/C17H18ClNO2/c1-21-16-8-4-14(5-9-16)12-17(20)19-11-10-13-2-6-15(18)7-3-13/h2-9H,10-12H2,1H3,(H,19,20). The van der Waals surface area contributed by atoms with E-state index >= 15 is 0 Å². The first-order chi connectivity index (χ1) is 10.2. The van der Waals surface area contributed by atoms with Crippen molar-refractivity contribution in [2.75, 3.05) is 13.7 Å². The van der Waals surface area contributed by atoms with Gasteiger partial charge in [-0.25, -0.2) is 0 Å². The van der Waals surface area contributed by atoms with E-state index in [9.17, 15) is 4.79 Å². The van der Waals surface area contributed by atoms with Gasteiger partial charge in [-0.15, -0.1) is 0 Å². The lowest BCUT2D eigenvalue weighted by Crippen LogP contribution is -2.27. The maximum Gasteiger partial charge on any atom is 0.224 e. The van der Waals surface area contributed by atoms with Gasteiger partial charge in [-0.1, -0.05) is 35.9 Å². The number of hydrogen-bond acceptors (Lipinski definition) is 2. The molecule has 0 saturated carbocycles. The van der Waals surface area contributed by atoms with Crippen molar-refractivity contribution in [3.8, 4) is 5.75 Å². The Kier molecular flexibility index (Phi) is 5.64. The number of benzene rings is 2. The van der Waals surface area contributed by atoms with Gasteiger partial charge in [0.25, 0.3) is 0 Å². The molecule has 1 N–H and O–H groups in total. The summed E-state index contributed by atoms with van der Waals surface area (Å²) in [6, 6.07) is 15.2. The highest BCUT2D eigenvalue weighted by atomic mass is 35.5. The number of carbonyl (C=O) groups excluding carboxylic acids is 1. The first-order valence-corrected chi connectivity index (χ1v) is 7.19. The second kappa shape index (κ2) is 7.70. The Morgan fingerprint density at radius 1 is 1.05 bits per heavy atom. The van der Waals surface area contributed by atoms with Gasteiger partial charge in [-0.2, -0.15) is 0 Å². The minimum Gasteiger partial charge on any atom is -0.497 e. The van der Waals surface area contributed by atoms with Gasteiger partial charge in [0.2, 0.25) is 5.91 Å². The van der Waals surface area contributed by atoms with E-state index in [1.807, 2.05) is 48.5 Å². The van der Waals surface area contributed by atoms with Gasteiger partial charge in [-0.05, 0) is 41.8 Å². The van der Waals surface area contributed by atoms with Crippen molar-refractivity contribution in [1.82, 2.24) is 5.32 Å². The third-order valence-electron chi connectivity index (χ3n) is 3.17. The van der Waals surface area contributed by atoms with E-state index in [2.05, 4.69) is 5.32 Å². The van der Waals surface area contributed by atoms with Gasteiger partial charge in [-0.3, -0.25) is 4.79 Å². The normalized spacial score (nSPS) is 10.2. The largest absolute Gasteiger partial charge is 0.497 e. The molecule has 110 valence electrons. The number of carbonyl (C=O) groups is 1. The molecule has 0 aliphatic carbocycles. The molecular formula is C17H18ClNO2. The summed E-state index contributed by atoms with van der Waals surface area (Å²) in [6.07, 6.45) is 1.18. The lowest BCUT2D eigenvalue weighted by atomic mass is 10.1. The van der Waals surface area contributed by atoms with Crippen LogP contribution in [0.5, 0.6) is 5.75 Å². The third kappa shape index (κ3) is 5.12. The molecule has 4 heteroatoms. The average Bonchev–Trinajstić information content (AvgIpc) is 2.50. The van der Waals surface area contributed by atoms with Crippen molar-refractivity contribution in [3.05, 3.63) is 64.7 Å². The summed E-state index contributed by atoms with van der Waals surface area (Å²) in [5.41, 5.74) is 2.13. The Bertz CT molecular complexity index is 579. The van der Waals surface area contributed by atoms with E-state index < -0.39 is 0 Å². The van der Waals surface area contributed by atoms with Crippen LogP contribution in [0.15, 0.2) is 48.5 Å². The summed E-state index contributed by atoms with van der Waals surface area (Å²) >= 11 is 5.83. The molecule has 0 aromatic heterocycles. The minimum atomic E-state index is 0.0223. The highest BCUT2D eigenvalue weighted by Crippen LogP contribution is 2.12. The van der Waals surface area contributed by atoms with Crippen molar-refractivity contribution in [2.45, 2.75) is 12.8 Å². The van der Waals surface area contributed by atoms with E-state index in [1.54, 1.807) is 7.11 Å². The first kappa shape index (κ1) is 15.4. The molecular weight excluding hydrogens is 286 g/mol. The highest BCUT2D eigenvalue weighted by Gasteiger charge is 2.03. The van der Waals surface area contributed by atoms with Crippen LogP contribution < -0.4 is 10.1 Å². The fourth-order valence-corrected chi connectivity index (χ4v) is 2.11. The third-order valence-corrected chi connectivity index (χ3v) is 3.42. The smallest absolute Gasteiger partial charge is 0.224 e. The number of halogens is 1. The molecule has 0 atom stereocenters. The fraction of sp³-hybridized carbons (Fsp3) is 0.235. The molecule has 21 heavy (non-hydrogen) atoms. The van der Waals surface area contributed by atoms with Gasteiger partial charge in [0.15, 0.2) is 0 Å². The van der Waals surface area contributed by atoms with E-state index in [4.69, 9.17) is 16.3 Å². The second-order valence-electron chi connectivity index (χ2n) is 4.75. The summed E-state index contributed by atoms with van der Waals surface area (Å²) in [5.74, 6) is 0.816. The molecule has 0 radical (unpaired) electrons. The van der Waals surface area contributed by atoms with Gasteiger partial charge in [0, 0.05) is 11.6 Å². The Balaban J connectivity index is 1.75. The molecule has 0 unspecified atom stereocenters. The second-order valence-corrected chi connectivity index (χ2v) is 5.19. The predicted octanol–water partition coefficient (Wildman–Crippen LogP) is 3.25. The van der Waals surface area contributed by atoms with Crippen LogP contribution in [0.25, 0.3) is 0 Å². The van der Waals surface area contributed by atoms with Crippen molar-refractivity contribution in [2.24, 2.45) is 0 Å². The average molecular weight is 304 g/mol. The molecule has 0 fully saturated rings. The minimum absolute atomic E-state index is 0.0223. The first-order valence-electron chi connectivity index (χ1n) is 6.81. The SMILES string of the molecule is COc1ccc(CC(=O)NCCc2ccc(Cl)cc2)cc1. The number of rotatable bonds is 6. The lowest BCUT2D eigenvalue weighted by molar-refractivity contribution is -0.120. The lowest BCUT2D eigenvalue weighted by Gasteiger charge is -2.06. The van der Waals surface area contributed by atoms with Crippen molar-refractivity contribution in [1.29, 1.82) is 0 Å². The van der Waals surface area contributed by atoms with Crippen LogP contribution in [0.4, 0.5) is 0 Å². The van der Waals surface area contributed by atoms with E-state index in [0.29, 0.717) is 13.0 Å². The number of hydrogen-bond donors (Lipinski definition) is 1. The van der Waals surface area contributed by atoms with Crippen molar-refractivity contribution >= 4 is 17.5 Å². The van der Waals surface area contributed by atoms with Crippen molar-refractivity contribution < 1.29 is 9.53 Å². The zero-order valence-electron chi connectivity index (χ0n) is 11.9. The Labute approximate surface area is 129 Å². The monoisotopic (exact) mass is 303 g/mol. The molecule has 0 aliphatic heterocycles. The quantitative estimate of drug-likeness (QED) is 0.889. The number of methoxy groups -OCH3 is 1. The summed E-state index contributed by atoms with van der Waals surface area (Å²) in [4.78, 5) is 11.8. The van der Waals surface area contributed by atoms with Crippen molar-refractivity contribution in [3.63, 3.8) is 0 Å². The zero-order chi connectivity index (χ0) is 15.1. The van der Waals surface area contributed by atoms with Crippen LogP contribution in [-0.4, -0.2) is 19.6 Å². The summed E-state index contributed by atoms with van der Waals surface area (Å²) < 4.78 is 5.09. The summed E-state index contributed by atoms with van der Waals surface area (Å²) in [5, 5.41) is 3.64. The molecule has 0 saturated heterocycles. The molecule has 1 amide bonds. The van der Waals surface area contributed by atoms with E-state index in [0.717, 1.165) is 28.3 Å². The molecule has 3 nitrogen and oxygen atoms in total. The van der Waals surface area contributed by atoms with Gasteiger partial charge >= 0.3 is 0 Å². The number of nitrogens with one attached hydrogen (secondary N) is 1. The maximum absolute atomic E-state index is 11.8. The fourth-order valence-electron chi connectivity index (χ4n) is 1.99. The molecule has 2 rings (SSSR count). The van der Waals surface area contributed by atoms with E-state index in [-0.39, 0.29) is 5.91 Å². The van der Waals surface area contributed by atoms with Crippen LogP contribution >= 0.6 is 11.6 Å². The van der Waals surface area contributed by atoms with Crippen LogP contribution in [-0.2, 0) is 17.6 Å². The summed E-state index contributed by atoms with van der Waals surface area (Å²) in [6.45, 7) is 0.622. The number of ether oxygens (including phenoxy) is 1. The molecule has 0 aliphatic rings. The van der Waals surface area contributed by atoms with E-state index in [1.165, 1.54) is 0 Å². The highest BCUT2D eigenvalue weighted by molar-refractivity contribution is 6.30. The van der Waals surface area contributed by atoms with Gasteiger partial charge in [0.05, 0.1) is 13.5 Å². The molecule has 0 heterocycles. The Morgan fingerprint density at radius 3 is 2.29 bits per heavy atom. The molecule has 0 spiro atoms. The molecule has 0 bridgehead atoms. The van der Waals surface area contributed by atoms with Gasteiger partial charge < -0.3 is 10.1 Å². The Hall–Kier alpha value is -2.00. The van der Waals surface area contributed by atoms with Gasteiger partial charge in [0.1, 0.15) is 5.75 Å². The topological polar surface area (TPSA) is 38.3 Å². The van der Waals surface area contributed by atoms with Crippen LogP contribution in [0, 0.1) is 0 Å². The molecule has 2 aromatic carbocycles.